The van der Waals surface area contributed by atoms with Crippen molar-refractivity contribution in [2.75, 3.05) is 0 Å². The van der Waals surface area contributed by atoms with Crippen LogP contribution < -0.4 is 0 Å². The molecule has 1 aliphatic rings. The van der Waals surface area contributed by atoms with Crippen molar-refractivity contribution in [2.24, 2.45) is 5.92 Å². The lowest BCUT2D eigenvalue weighted by Crippen LogP contribution is -2.28. The molecule has 0 radical (unpaired) electrons. The number of ether oxygens (including phenoxy) is 2. The van der Waals surface area contributed by atoms with Crippen molar-refractivity contribution < 1.29 is 29.0 Å². The molecule has 0 aromatic carbocycles. The second-order valence-electron chi connectivity index (χ2n) is 7.33. The highest BCUT2D eigenvalue weighted by atomic mass is 16.5. The number of carbonyl (C=O) groups excluding carboxylic acids is 2. The molecular weight excluding hydrogens is 336 g/mol. The molecule has 1 N–H and O–H groups in total. The second kappa shape index (κ2) is 9.55. The van der Waals surface area contributed by atoms with Gasteiger partial charge >= 0.3 is 5.97 Å². The van der Waals surface area contributed by atoms with Gasteiger partial charge in [-0.1, -0.05) is 6.92 Å². The number of hydrogen-bond acceptors (Lipinski definition) is 5. The molecule has 0 aromatic heterocycles. The number of carbonyl (C=O) groups is 3. The molecule has 6 heteroatoms. The minimum Gasteiger partial charge on any atom is -0.483 e. The zero-order valence-corrected chi connectivity index (χ0v) is 16.5. The van der Waals surface area contributed by atoms with Gasteiger partial charge in [0.25, 0.3) is 0 Å². The highest BCUT2D eigenvalue weighted by Gasteiger charge is 2.36. The van der Waals surface area contributed by atoms with Crippen LogP contribution in [0.15, 0.2) is 22.7 Å². The van der Waals surface area contributed by atoms with Gasteiger partial charge in [0.2, 0.25) is 23.1 Å². The van der Waals surface area contributed by atoms with Gasteiger partial charge in [-0.2, -0.15) is 0 Å². The van der Waals surface area contributed by atoms with E-state index in [1.165, 1.54) is 0 Å². The molecule has 0 aromatic rings. The number of carboxylic acid groups (broad SMARTS) is 1. The first kappa shape index (κ1) is 21.9. The van der Waals surface area contributed by atoms with E-state index in [2.05, 4.69) is 0 Å². The van der Waals surface area contributed by atoms with Crippen molar-refractivity contribution in [2.45, 2.75) is 79.4 Å². The van der Waals surface area contributed by atoms with Gasteiger partial charge in [-0.15, -0.1) is 0 Å². The van der Waals surface area contributed by atoms with Crippen LogP contribution in [0, 0.1) is 5.92 Å². The Hall–Kier alpha value is -2.11. The van der Waals surface area contributed by atoms with E-state index in [-0.39, 0.29) is 47.6 Å². The molecule has 0 aliphatic heterocycles. The average molecular weight is 366 g/mol. The average Bonchev–Trinajstić information content (AvgIpc) is 2.53. The van der Waals surface area contributed by atoms with Crippen LogP contribution in [-0.4, -0.2) is 34.9 Å². The number of allylic oxidation sites excluding steroid dienone is 2. The first-order valence-electron chi connectivity index (χ1n) is 9.13. The number of aliphatic carboxylic acids is 1. The smallest absolute Gasteiger partial charge is 0.303 e. The van der Waals surface area contributed by atoms with E-state index in [1.54, 1.807) is 34.6 Å². The van der Waals surface area contributed by atoms with Crippen molar-refractivity contribution in [1.29, 1.82) is 0 Å². The first-order chi connectivity index (χ1) is 12.0. The summed E-state index contributed by atoms with van der Waals surface area (Å²) in [5, 5.41) is 8.77. The molecule has 26 heavy (non-hydrogen) atoms. The fourth-order valence-corrected chi connectivity index (χ4v) is 2.71. The van der Waals surface area contributed by atoms with E-state index >= 15 is 0 Å². The number of hydrogen-bond donors (Lipinski definition) is 1. The van der Waals surface area contributed by atoms with Gasteiger partial charge in [-0.25, -0.2) is 0 Å². The summed E-state index contributed by atoms with van der Waals surface area (Å²) < 4.78 is 11.2. The Labute approximate surface area is 155 Å². The molecule has 1 atom stereocenters. The van der Waals surface area contributed by atoms with Crippen LogP contribution in [0.1, 0.15) is 67.2 Å². The second-order valence-corrected chi connectivity index (χ2v) is 7.33. The summed E-state index contributed by atoms with van der Waals surface area (Å²) in [6.07, 6.45) is 1.17. The molecule has 0 bridgehead atoms. The Bertz CT molecular complexity index is 624. The Morgan fingerprint density at radius 2 is 1.42 bits per heavy atom. The number of Topliss-reactive ketones (excluding diaryl/α,β-unsaturated/α-hetero) is 2. The Morgan fingerprint density at radius 3 is 1.88 bits per heavy atom. The van der Waals surface area contributed by atoms with E-state index < -0.39 is 5.97 Å². The summed E-state index contributed by atoms with van der Waals surface area (Å²) in [7, 11) is 0. The van der Waals surface area contributed by atoms with Gasteiger partial charge in [-0.3, -0.25) is 14.4 Å². The number of carboxylic acids is 1. The van der Waals surface area contributed by atoms with Gasteiger partial charge < -0.3 is 14.6 Å². The van der Waals surface area contributed by atoms with Crippen LogP contribution >= 0.6 is 0 Å². The van der Waals surface area contributed by atoms with E-state index in [0.717, 1.165) is 0 Å². The van der Waals surface area contributed by atoms with Crippen molar-refractivity contribution in [3.05, 3.63) is 22.7 Å². The molecule has 0 heterocycles. The molecule has 0 spiro atoms. The first-order valence-corrected chi connectivity index (χ1v) is 9.13. The lowest BCUT2D eigenvalue weighted by Gasteiger charge is -2.25. The molecule has 1 unspecified atom stereocenters. The fourth-order valence-electron chi connectivity index (χ4n) is 2.71. The summed E-state index contributed by atoms with van der Waals surface area (Å²) in [5.74, 6) is -1.35. The van der Waals surface area contributed by atoms with Gasteiger partial charge in [0.15, 0.2) is 0 Å². The lowest BCUT2D eigenvalue weighted by molar-refractivity contribution is -0.137. The molecule has 0 fully saturated rings. The van der Waals surface area contributed by atoms with Crippen molar-refractivity contribution in [3.63, 3.8) is 0 Å². The standard InChI is InChI=1S/C20H30O6/c1-11(2)25-19-17(23)14(6)15(18(24)20(19)26-12(3)4)9-7-13(5)8-10-16(21)22/h11-13H,7-10H2,1-6H3,(H,21,22). The summed E-state index contributed by atoms with van der Waals surface area (Å²) in [5.41, 5.74) is 0.816. The maximum atomic E-state index is 12.9. The minimum absolute atomic E-state index is 0.0149. The van der Waals surface area contributed by atoms with Crippen LogP contribution in [0.2, 0.25) is 0 Å². The van der Waals surface area contributed by atoms with Crippen molar-refractivity contribution >= 4 is 17.5 Å². The molecule has 1 aliphatic carbocycles. The van der Waals surface area contributed by atoms with E-state index in [9.17, 15) is 14.4 Å². The Balaban J connectivity index is 3.00. The van der Waals surface area contributed by atoms with E-state index in [0.29, 0.717) is 30.4 Å². The predicted molar refractivity (Wildman–Crippen MR) is 97.4 cm³/mol. The number of rotatable bonds is 10. The Kier molecular flexibility index (Phi) is 8.06. The summed E-state index contributed by atoms with van der Waals surface area (Å²) in [6, 6.07) is 0. The van der Waals surface area contributed by atoms with Crippen LogP contribution in [0.3, 0.4) is 0 Å². The molecule has 6 nitrogen and oxygen atoms in total. The highest BCUT2D eigenvalue weighted by molar-refractivity contribution is 6.23. The zero-order chi connectivity index (χ0) is 20.0. The topological polar surface area (TPSA) is 89.9 Å². The monoisotopic (exact) mass is 366 g/mol. The summed E-state index contributed by atoms with van der Waals surface area (Å²) in [4.78, 5) is 36.3. The highest BCUT2D eigenvalue weighted by Crippen LogP contribution is 2.31. The third-order valence-electron chi connectivity index (χ3n) is 4.13. The maximum Gasteiger partial charge on any atom is 0.303 e. The Morgan fingerprint density at radius 1 is 0.923 bits per heavy atom. The molecular formula is C20H30O6. The zero-order valence-electron chi connectivity index (χ0n) is 16.5. The maximum absolute atomic E-state index is 12.9. The van der Waals surface area contributed by atoms with Crippen LogP contribution in [0.5, 0.6) is 0 Å². The van der Waals surface area contributed by atoms with E-state index in [4.69, 9.17) is 14.6 Å². The summed E-state index contributed by atoms with van der Waals surface area (Å²) >= 11 is 0. The van der Waals surface area contributed by atoms with Gasteiger partial charge in [0.05, 0.1) is 12.2 Å². The van der Waals surface area contributed by atoms with E-state index in [1.807, 2.05) is 6.92 Å². The number of ketones is 2. The molecule has 146 valence electrons. The van der Waals surface area contributed by atoms with Crippen LogP contribution in [0.4, 0.5) is 0 Å². The van der Waals surface area contributed by atoms with Crippen molar-refractivity contribution in [1.82, 2.24) is 0 Å². The molecule has 0 saturated heterocycles. The SMILES string of the molecule is CC1=C(CCC(C)CCC(=O)O)C(=O)C(OC(C)C)=C(OC(C)C)C1=O. The van der Waals surface area contributed by atoms with Gasteiger partial charge in [0.1, 0.15) is 0 Å². The van der Waals surface area contributed by atoms with Crippen LogP contribution in [-0.2, 0) is 23.9 Å². The molecule has 1 rings (SSSR count). The fraction of sp³-hybridized carbons (Fsp3) is 0.650. The normalized spacial score (nSPS) is 16.6. The molecule has 0 amide bonds. The third-order valence-corrected chi connectivity index (χ3v) is 4.13. The van der Waals surface area contributed by atoms with Crippen LogP contribution in [0.25, 0.3) is 0 Å². The van der Waals surface area contributed by atoms with Gasteiger partial charge in [0, 0.05) is 17.6 Å². The van der Waals surface area contributed by atoms with Crippen molar-refractivity contribution in [3.8, 4) is 0 Å². The quantitative estimate of drug-likeness (QED) is 0.592. The van der Waals surface area contributed by atoms with Gasteiger partial charge in [-0.05, 0) is 59.8 Å². The summed E-state index contributed by atoms with van der Waals surface area (Å²) in [6.45, 7) is 10.7. The third kappa shape index (κ3) is 6.00. The predicted octanol–water partition coefficient (Wildman–Crippen LogP) is 3.80. The largest absolute Gasteiger partial charge is 0.483 e. The molecule has 0 saturated carbocycles. The lowest BCUT2D eigenvalue weighted by atomic mass is 9.87. The minimum atomic E-state index is -0.831.